The molecule has 4 nitrogen and oxygen atoms in total. The van der Waals surface area contributed by atoms with E-state index in [9.17, 15) is 4.79 Å². The topological polar surface area (TPSA) is 54.3 Å². The number of fused-ring (bicyclic) bond motifs is 1. The van der Waals surface area contributed by atoms with E-state index in [1.54, 1.807) is 6.26 Å². The third kappa shape index (κ3) is 3.35. The lowest BCUT2D eigenvalue weighted by molar-refractivity contribution is -0.115. The van der Waals surface area contributed by atoms with Crippen molar-refractivity contribution in [3.05, 3.63) is 66.6 Å². The molecule has 22 heavy (non-hydrogen) atoms. The molecule has 0 aliphatic carbocycles. The van der Waals surface area contributed by atoms with Gasteiger partial charge in [0.25, 0.3) is 0 Å². The van der Waals surface area contributed by atoms with E-state index < -0.39 is 0 Å². The average molecular weight is 294 g/mol. The first-order valence-electron chi connectivity index (χ1n) is 7.28. The molecule has 1 heterocycles. The number of nitrogens with one attached hydrogen (secondary N) is 2. The predicted molar refractivity (Wildman–Crippen MR) is 87.7 cm³/mol. The van der Waals surface area contributed by atoms with Crippen LogP contribution in [-0.4, -0.2) is 12.5 Å². The number of hydrogen-bond acceptors (Lipinski definition) is 3. The zero-order chi connectivity index (χ0) is 15.4. The molecule has 0 unspecified atom stereocenters. The molecule has 0 fully saturated rings. The zero-order valence-electron chi connectivity index (χ0n) is 12.4. The van der Waals surface area contributed by atoms with Gasteiger partial charge in [0.05, 0.1) is 18.8 Å². The van der Waals surface area contributed by atoms with E-state index in [-0.39, 0.29) is 18.5 Å². The second-order valence-electron chi connectivity index (χ2n) is 5.23. The largest absolute Gasteiger partial charge is 0.468 e. The average Bonchev–Trinajstić information content (AvgIpc) is 3.07. The van der Waals surface area contributed by atoms with Crippen molar-refractivity contribution in [3.8, 4) is 0 Å². The van der Waals surface area contributed by atoms with Crippen molar-refractivity contribution >= 4 is 22.4 Å². The van der Waals surface area contributed by atoms with Gasteiger partial charge in [-0.15, -0.1) is 0 Å². The van der Waals surface area contributed by atoms with Crippen molar-refractivity contribution < 1.29 is 9.21 Å². The fourth-order valence-corrected chi connectivity index (χ4v) is 2.36. The molecule has 1 amide bonds. The third-order valence-corrected chi connectivity index (χ3v) is 3.57. The molecule has 2 aromatic carbocycles. The van der Waals surface area contributed by atoms with Crippen LogP contribution in [0.4, 0.5) is 5.69 Å². The van der Waals surface area contributed by atoms with Gasteiger partial charge >= 0.3 is 0 Å². The molecule has 0 aliphatic heterocycles. The van der Waals surface area contributed by atoms with Crippen molar-refractivity contribution in [3.63, 3.8) is 0 Å². The Morgan fingerprint density at radius 1 is 1.09 bits per heavy atom. The molecule has 0 bridgehead atoms. The maximum atomic E-state index is 12.0. The van der Waals surface area contributed by atoms with Gasteiger partial charge in [0.2, 0.25) is 5.91 Å². The molecular weight excluding hydrogens is 276 g/mol. The number of anilines is 1. The van der Waals surface area contributed by atoms with Gasteiger partial charge in [0.15, 0.2) is 0 Å². The van der Waals surface area contributed by atoms with E-state index in [0.717, 1.165) is 22.2 Å². The van der Waals surface area contributed by atoms with E-state index in [2.05, 4.69) is 10.6 Å². The van der Waals surface area contributed by atoms with Crippen molar-refractivity contribution in [1.82, 2.24) is 5.32 Å². The van der Waals surface area contributed by atoms with E-state index in [1.165, 1.54) is 0 Å². The first kappa shape index (κ1) is 14.4. The maximum Gasteiger partial charge on any atom is 0.238 e. The molecule has 112 valence electrons. The van der Waals surface area contributed by atoms with E-state index in [1.807, 2.05) is 61.5 Å². The van der Waals surface area contributed by atoms with Gasteiger partial charge in [-0.05, 0) is 42.0 Å². The highest BCUT2D eigenvalue weighted by atomic mass is 16.3. The summed E-state index contributed by atoms with van der Waals surface area (Å²) in [4.78, 5) is 12.0. The van der Waals surface area contributed by atoms with Crippen LogP contribution in [0.5, 0.6) is 0 Å². The smallest absolute Gasteiger partial charge is 0.238 e. The highest BCUT2D eigenvalue weighted by Gasteiger charge is 2.10. The first-order chi connectivity index (χ1) is 10.7. The number of hydrogen-bond donors (Lipinski definition) is 2. The van der Waals surface area contributed by atoms with Gasteiger partial charge in [-0.2, -0.15) is 0 Å². The summed E-state index contributed by atoms with van der Waals surface area (Å²) in [6.45, 7) is 2.19. The minimum atomic E-state index is -0.0753. The molecule has 0 aliphatic rings. The summed E-state index contributed by atoms with van der Waals surface area (Å²) in [5.41, 5.74) is 0.802. The molecule has 3 aromatic rings. The van der Waals surface area contributed by atoms with E-state index >= 15 is 0 Å². The Hall–Kier alpha value is -2.59. The summed E-state index contributed by atoms with van der Waals surface area (Å²) in [7, 11) is 0. The van der Waals surface area contributed by atoms with Gasteiger partial charge in [-0.3, -0.25) is 10.1 Å². The number of carbonyl (C=O) groups excluding carboxylic acids is 1. The van der Waals surface area contributed by atoms with Gasteiger partial charge in [-0.1, -0.05) is 30.3 Å². The standard InChI is InChI=1S/C18H18N2O2/c1-13(17-7-4-10-22-17)19-12-18(21)20-16-9-8-14-5-2-3-6-15(14)11-16/h2-11,13,19H,12H2,1H3,(H,20,21)/t13-/m0/s1. The number of rotatable bonds is 5. The number of benzene rings is 2. The second kappa shape index (κ2) is 6.45. The highest BCUT2D eigenvalue weighted by Crippen LogP contribution is 2.18. The molecule has 0 saturated heterocycles. The normalized spacial score (nSPS) is 12.2. The summed E-state index contributed by atoms with van der Waals surface area (Å²) >= 11 is 0. The monoisotopic (exact) mass is 294 g/mol. The Balaban J connectivity index is 1.58. The molecule has 4 heteroatoms. The second-order valence-corrected chi connectivity index (χ2v) is 5.23. The van der Waals surface area contributed by atoms with Crippen LogP contribution in [0, 0.1) is 0 Å². The summed E-state index contributed by atoms with van der Waals surface area (Å²) in [5, 5.41) is 8.31. The Kier molecular flexibility index (Phi) is 4.21. The summed E-state index contributed by atoms with van der Waals surface area (Å²) in [6, 6.07) is 17.7. The first-order valence-corrected chi connectivity index (χ1v) is 7.28. The van der Waals surface area contributed by atoms with Gasteiger partial charge < -0.3 is 9.73 Å². The summed E-state index contributed by atoms with van der Waals surface area (Å²) in [5.74, 6) is 0.743. The molecule has 0 radical (unpaired) electrons. The molecule has 0 saturated carbocycles. The van der Waals surface area contributed by atoms with Crippen molar-refractivity contribution in [2.45, 2.75) is 13.0 Å². The van der Waals surface area contributed by atoms with Crippen LogP contribution in [0.15, 0.2) is 65.3 Å². The van der Waals surface area contributed by atoms with Gasteiger partial charge in [0.1, 0.15) is 5.76 Å². The summed E-state index contributed by atoms with van der Waals surface area (Å²) < 4.78 is 5.30. The molecular formula is C18H18N2O2. The lowest BCUT2D eigenvalue weighted by Gasteiger charge is -2.11. The molecule has 1 aromatic heterocycles. The predicted octanol–water partition coefficient (Wildman–Crippen LogP) is 3.72. The molecule has 1 atom stereocenters. The number of furan rings is 1. The minimum Gasteiger partial charge on any atom is -0.468 e. The number of amides is 1. The Bertz CT molecular complexity index is 766. The Morgan fingerprint density at radius 3 is 2.68 bits per heavy atom. The minimum absolute atomic E-state index is 0.00245. The van der Waals surface area contributed by atoms with Crippen LogP contribution in [0.2, 0.25) is 0 Å². The van der Waals surface area contributed by atoms with Gasteiger partial charge in [-0.25, -0.2) is 0 Å². The third-order valence-electron chi connectivity index (χ3n) is 3.57. The Morgan fingerprint density at radius 2 is 1.91 bits per heavy atom. The van der Waals surface area contributed by atoms with Crippen LogP contribution < -0.4 is 10.6 Å². The maximum absolute atomic E-state index is 12.0. The fraction of sp³-hybridized carbons (Fsp3) is 0.167. The number of carbonyl (C=O) groups is 1. The SMILES string of the molecule is C[C@H](NCC(=O)Nc1ccc2ccccc2c1)c1ccco1. The molecule has 3 rings (SSSR count). The van der Waals surface area contributed by atoms with Crippen molar-refractivity contribution in [2.24, 2.45) is 0 Å². The lowest BCUT2D eigenvalue weighted by Crippen LogP contribution is -2.29. The molecule has 2 N–H and O–H groups in total. The highest BCUT2D eigenvalue weighted by molar-refractivity contribution is 5.95. The van der Waals surface area contributed by atoms with Crippen molar-refractivity contribution in [1.29, 1.82) is 0 Å². The molecule has 0 spiro atoms. The quantitative estimate of drug-likeness (QED) is 0.754. The van der Waals surface area contributed by atoms with E-state index in [0.29, 0.717) is 0 Å². The summed E-state index contributed by atoms with van der Waals surface area (Å²) in [6.07, 6.45) is 1.63. The zero-order valence-corrected chi connectivity index (χ0v) is 12.4. The van der Waals surface area contributed by atoms with E-state index in [4.69, 9.17) is 4.42 Å². The van der Waals surface area contributed by atoms with Crippen molar-refractivity contribution in [2.75, 3.05) is 11.9 Å². The van der Waals surface area contributed by atoms with Crippen LogP contribution in [0.3, 0.4) is 0 Å². The fourth-order valence-electron chi connectivity index (χ4n) is 2.36. The van der Waals surface area contributed by atoms with Crippen LogP contribution in [-0.2, 0) is 4.79 Å². The van der Waals surface area contributed by atoms with Crippen LogP contribution in [0.25, 0.3) is 10.8 Å². The van der Waals surface area contributed by atoms with Gasteiger partial charge in [0, 0.05) is 5.69 Å². The van der Waals surface area contributed by atoms with Crippen LogP contribution >= 0.6 is 0 Å². The van der Waals surface area contributed by atoms with Crippen LogP contribution in [0.1, 0.15) is 18.7 Å². The lowest BCUT2D eigenvalue weighted by atomic mass is 10.1. The Labute approximate surface area is 129 Å².